The minimum Gasteiger partial charge on any atom is -0.311 e. The summed E-state index contributed by atoms with van der Waals surface area (Å²) in [6.45, 7) is 14.3. The molecular formula is C17H27N. The molecule has 0 atom stereocenters. The zero-order chi connectivity index (χ0) is 13.7. The number of rotatable bonds is 5. The first-order valence-electron chi connectivity index (χ1n) is 6.92. The highest BCUT2D eigenvalue weighted by molar-refractivity contribution is 5.60. The van der Waals surface area contributed by atoms with E-state index in [-0.39, 0.29) is 0 Å². The van der Waals surface area contributed by atoms with Gasteiger partial charge in [-0.15, -0.1) is 0 Å². The van der Waals surface area contributed by atoms with Crippen LogP contribution in [0.3, 0.4) is 0 Å². The maximum atomic E-state index is 3.52. The Morgan fingerprint density at radius 1 is 1.11 bits per heavy atom. The highest BCUT2D eigenvalue weighted by Gasteiger charge is 2.06. The van der Waals surface area contributed by atoms with Gasteiger partial charge in [0.25, 0.3) is 0 Å². The number of nitrogens with one attached hydrogen (secondary N) is 1. The Kier molecular flexibility index (Phi) is 5.61. The Morgan fingerprint density at radius 2 is 1.67 bits per heavy atom. The van der Waals surface area contributed by atoms with Crippen molar-refractivity contribution in [2.45, 2.75) is 47.6 Å². The second-order valence-corrected chi connectivity index (χ2v) is 5.72. The van der Waals surface area contributed by atoms with Gasteiger partial charge in [0.2, 0.25) is 0 Å². The first-order chi connectivity index (χ1) is 8.41. The predicted octanol–water partition coefficient (Wildman–Crippen LogP) is 4.34. The second-order valence-electron chi connectivity index (χ2n) is 5.72. The molecule has 1 N–H and O–H groups in total. The molecule has 1 nitrogen and oxygen atoms in total. The molecule has 0 saturated carbocycles. The van der Waals surface area contributed by atoms with Gasteiger partial charge in [0.15, 0.2) is 0 Å². The maximum Gasteiger partial charge on any atom is 0.0172 e. The van der Waals surface area contributed by atoms with Crippen molar-refractivity contribution in [1.82, 2.24) is 5.32 Å². The third-order valence-electron chi connectivity index (χ3n) is 3.33. The lowest BCUT2D eigenvalue weighted by Crippen LogP contribution is -2.26. The normalized spacial score (nSPS) is 12.6. The third kappa shape index (κ3) is 4.30. The molecule has 0 aliphatic rings. The van der Waals surface area contributed by atoms with Gasteiger partial charge in [0.1, 0.15) is 0 Å². The lowest BCUT2D eigenvalue weighted by Gasteiger charge is -2.16. The van der Waals surface area contributed by atoms with Crippen LogP contribution in [0.4, 0.5) is 0 Å². The van der Waals surface area contributed by atoms with Crippen LogP contribution in [0.15, 0.2) is 23.8 Å². The summed E-state index contributed by atoms with van der Waals surface area (Å²) in [5.74, 6) is 0.579. The van der Waals surface area contributed by atoms with Crippen molar-refractivity contribution >= 4 is 6.08 Å². The SMILES string of the molecule is Cc1cccc(C)c1/C=C(/CNC(C)C)C(C)C. The van der Waals surface area contributed by atoms with Crippen molar-refractivity contribution in [3.8, 4) is 0 Å². The second kappa shape index (κ2) is 6.75. The molecular weight excluding hydrogens is 218 g/mol. The van der Waals surface area contributed by atoms with Crippen LogP contribution in [0.1, 0.15) is 44.4 Å². The number of benzene rings is 1. The van der Waals surface area contributed by atoms with Gasteiger partial charge in [-0.25, -0.2) is 0 Å². The highest BCUT2D eigenvalue weighted by Crippen LogP contribution is 2.20. The van der Waals surface area contributed by atoms with Crippen LogP contribution in [0, 0.1) is 19.8 Å². The van der Waals surface area contributed by atoms with E-state index in [0.29, 0.717) is 12.0 Å². The Bertz CT molecular complexity index is 393. The van der Waals surface area contributed by atoms with Crippen molar-refractivity contribution in [3.63, 3.8) is 0 Å². The van der Waals surface area contributed by atoms with Crippen molar-refractivity contribution in [2.75, 3.05) is 6.54 Å². The van der Waals surface area contributed by atoms with Crippen LogP contribution in [0.5, 0.6) is 0 Å². The van der Waals surface area contributed by atoms with E-state index in [9.17, 15) is 0 Å². The lowest BCUT2D eigenvalue weighted by atomic mass is 9.95. The molecule has 0 bridgehead atoms. The Balaban J connectivity index is 3.01. The smallest absolute Gasteiger partial charge is 0.0172 e. The summed E-state index contributed by atoms with van der Waals surface area (Å²) in [6, 6.07) is 7.04. The molecule has 0 heterocycles. The Hall–Kier alpha value is -1.08. The quantitative estimate of drug-likeness (QED) is 0.813. The molecule has 1 aromatic carbocycles. The largest absolute Gasteiger partial charge is 0.311 e. The summed E-state index contributed by atoms with van der Waals surface area (Å²) in [5, 5.41) is 3.52. The number of aryl methyl sites for hydroxylation is 2. The molecule has 0 unspecified atom stereocenters. The minimum absolute atomic E-state index is 0.533. The molecule has 0 amide bonds. The first kappa shape index (κ1) is 15.0. The van der Waals surface area contributed by atoms with E-state index in [1.165, 1.54) is 22.3 Å². The molecule has 0 spiro atoms. The summed E-state index contributed by atoms with van der Waals surface area (Å²) < 4.78 is 0. The molecule has 0 aliphatic carbocycles. The summed E-state index contributed by atoms with van der Waals surface area (Å²) in [6.07, 6.45) is 2.37. The summed E-state index contributed by atoms with van der Waals surface area (Å²) >= 11 is 0. The summed E-state index contributed by atoms with van der Waals surface area (Å²) in [4.78, 5) is 0. The number of hydrogen-bond acceptors (Lipinski definition) is 1. The summed E-state index contributed by atoms with van der Waals surface area (Å²) in [5.41, 5.74) is 5.57. The first-order valence-corrected chi connectivity index (χ1v) is 6.92. The zero-order valence-corrected chi connectivity index (χ0v) is 12.7. The lowest BCUT2D eigenvalue weighted by molar-refractivity contribution is 0.593. The third-order valence-corrected chi connectivity index (χ3v) is 3.33. The van der Waals surface area contributed by atoms with Crippen LogP contribution in [-0.4, -0.2) is 12.6 Å². The fourth-order valence-electron chi connectivity index (χ4n) is 1.98. The predicted molar refractivity (Wildman–Crippen MR) is 81.9 cm³/mol. The highest BCUT2D eigenvalue weighted by atomic mass is 14.9. The molecule has 1 aromatic rings. The maximum absolute atomic E-state index is 3.52. The molecule has 0 aromatic heterocycles. The van der Waals surface area contributed by atoms with Gasteiger partial charge in [0, 0.05) is 12.6 Å². The molecule has 0 saturated heterocycles. The molecule has 1 heteroatoms. The van der Waals surface area contributed by atoms with Gasteiger partial charge in [-0.1, -0.05) is 57.5 Å². The van der Waals surface area contributed by atoms with Crippen LogP contribution < -0.4 is 5.32 Å². The van der Waals surface area contributed by atoms with Gasteiger partial charge in [-0.05, 0) is 36.5 Å². The van der Waals surface area contributed by atoms with Crippen molar-refractivity contribution in [1.29, 1.82) is 0 Å². The fraction of sp³-hybridized carbons (Fsp3) is 0.529. The van der Waals surface area contributed by atoms with Gasteiger partial charge < -0.3 is 5.32 Å². The van der Waals surface area contributed by atoms with Gasteiger partial charge in [-0.3, -0.25) is 0 Å². The van der Waals surface area contributed by atoms with Gasteiger partial charge in [0.05, 0.1) is 0 Å². The van der Waals surface area contributed by atoms with E-state index in [2.05, 4.69) is 71.1 Å². The topological polar surface area (TPSA) is 12.0 Å². The van der Waals surface area contributed by atoms with E-state index < -0.39 is 0 Å². The van der Waals surface area contributed by atoms with E-state index in [1.807, 2.05) is 0 Å². The Labute approximate surface area is 112 Å². The van der Waals surface area contributed by atoms with E-state index >= 15 is 0 Å². The average Bonchev–Trinajstić information content (AvgIpc) is 2.26. The van der Waals surface area contributed by atoms with E-state index in [4.69, 9.17) is 0 Å². The van der Waals surface area contributed by atoms with Crippen LogP contribution in [0.25, 0.3) is 6.08 Å². The van der Waals surface area contributed by atoms with Gasteiger partial charge >= 0.3 is 0 Å². The van der Waals surface area contributed by atoms with Gasteiger partial charge in [-0.2, -0.15) is 0 Å². The van der Waals surface area contributed by atoms with Crippen LogP contribution in [-0.2, 0) is 0 Å². The van der Waals surface area contributed by atoms with Crippen molar-refractivity contribution in [2.24, 2.45) is 5.92 Å². The molecule has 1 rings (SSSR count). The zero-order valence-electron chi connectivity index (χ0n) is 12.7. The molecule has 18 heavy (non-hydrogen) atoms. The summed E-state index contributed by atoms with van der Waals surface area (Å²) in [7, 11) is 0. The Morgan fingerprint density at radius 3 is 2.11 bits per heavy atom. The fourth-order valence-corrected chi connectivity index (χ4v) is 1.98. The average molecular weight is 245 g/mol. The van der Waals surface area contributed by atoms with Crippen molar-refractivity contribution in [3.05, 3.63) is 40.5 Å². The molecule has 0 fully saturated rings. The molecule has 0 aliphatic heterocycles. The van der Waals surface area contributed by atoms with Crippen LogP contribution >= 0.6 is 0 Å². The van der Waals surface area contributed by atoms with E-state index in [0.717, 1.165) is 6.54 Å². The monoisotopic (exact) mass is 245 g/mol. The van der Waals surface area contributed by atoms with Crippen LogP contribution in [0.2, 0.25) is 0 Å². The minimum atomic E-state index is 0.533. The standard InChI is InChI=1S/C17H27N/c1-12(2)16(11-18-13(3)4)10-17-14(5)8-7-9-15(17)6/h7-10,12-13,18H,11H2,1-6H3/b16-10-. The molecule has 100 valence electrons. The van der Waals surface area contributed by atoms with Crippen molar-refractivity contribution < 1.29 is 0 Å². The molecule has 0 radical (unpaired) electrons. The number of hydrogen-bond donors (Lipinski definition) is 1. The van der Waals surface area contributed by atoms with E-state index in [1.54, 1.807) is 0 Å².